The van der Waals surface area contributed by atoms with E-state index in [4.69, 9.17) is 0 Å². The Morgan fingerprint density at radius 2 is 1.80 bits per heavy atom. The van der Waals surface area contributed by atoms with Crippen molar-refractivity contribution >= 4 is 11.9 Å². The molecule has 0 atom stereocenters. The number of hydrogen-bond donors (Lipinski definition) is 2. The van der Waals surface area contributed by atoms with Crippen molar-refractivity contribution in [2.24, 2.45) is 5.92 Å². The number of rotatable bonds is 7. The molecular weight excluding hydrogens is 316 g/mol. The number of amides is 1. The molecule has 0 bridgehead atoms. The molecular formula is C18H28N6O. The highest BCUT2D eigenvalue weighted by molar-refractivity contribution is 5.77. The molecule has 0 aliphatic heterocycles. The summed E-state index contributed by atoms with van der Waals surface area (Å²) in [6.45, 7) is 13.1. The molecule has 0 radical (unpaired) electrons. The molecule has 7 heteroatoms. The lowest BCUT2D eigenvalue weighted by Gasteiger charge is -2.09. The van der Waals surface area contributed by atoms with E-state index in [0.717, 1.165) is 34.9 Å². The predicted molar refractivity (Wildman–Crippen MR) is 98.1 cm³/mol. The second-order valence-corrected chi connectivity index (χ2v) is 6.87. The average molecular weight is 344 g/mol. The molecule has 0 aliphatic rings. The van der Waals surface area contributed by atoms with E-state index in [1.807, 2.05) is 31.5 Å². The standard InChI is InChI=1S/C18H28N6O/c1-11(2)10-24-15(6)16(14(5)23-24)7-8-17(25)21-22-18-19-12(3)9-13(4)20-18/h9,11H,7-8,10H2,1-6H3,(H,21,25)(H,19,20,22). The molecule has 136 valence electrons. The number of hydrazine groups is 1. The minimum atomic E-state index is -0.0989. The molecule has 2 rings (SSSR count). The van der Waals surface area contributed by atoms with Gasteiger partial charge in [0.2, 0.25) is 11.9 Å². The van der Waals surface area contributed by atoms with Crippen LogP contribution in [0.25, 0.3) is 0 Å². The Balaban J connectivity index is 1.90. The quantitative estimate of drug-likeness (QED) is 0.754. The number of aryl methyl sites for hydroxylation is 3. The monoisotopic (exact) mass is 344 g/mol. The maximum Gasteiger partial charge on any atom is 0.242 e. The van der Waals surface area contributed by atoms with E-state index < -0.39 is 0 Å². The van der Waals surface area contributed by atoms with Gasteiger partial charge < -0.3 is 0 Å². The van der Waals surface area contributed by atoms with Crippen LogP contribution in [0.3, 0.4) is 0 Å². The maximum atomic E-state index is 12.1. The average Bonchev–Trinajstić information content (AvgIpc) is 2.75. The van der Waals surface area contributed by atoms with Crippen molar-refractivity contribution in [3.8, 4) is 0 Å². The number of carbonyl (C=O) groups is 1. The fourth-order valence-corrected chi connectivity index (χ4v) is 2.83. The van der Waals surface area contributed by atoms with Crippen LogP contribution in [0, 0.1) is 33.6 Å². The third-order valence-corrected chi connectivity index (χ3v) is 3.97. The van der Waals surface area contributed by atoms with E-state index in [1.165, 1.54) is 0 Å². The van der Waals surface area contributed by atoms with E-state index in [9.17, 15) is 4.79 Å². The van der Waals surface area contributed by atoms with Gasteiger partial charge >= 0.3 is 0 Å². The van der Waals surface area contributed by atoms with Crippen molar-refractivity contribution in [2.45, 2.75) is 60.9 Å². The molecule has 2 aromatic rings. The van der Waals surface area contributed by atoms with Gasteiger partial charge in [-0.1, -0.05) is 13.8 Å². The van der Waals surface area contributed by atoms with Crippen LogP contribution in [-0.4, -0.2) is 25.7 Å². The largest absolute Gasteiger partial charge is 0.273 e. The first-order valence-corrected chi connectivity index (χ1v) is 8.66. The van der Waals surface area contributed by atoms with Crippen LogP contribution >= 0.6 is 0 Å². The Labute approximate surface area is 149 Å². The third kappa shape index (κ3) is 5.27. The van der Waals surface area contributed by atoms with Gasteiger partial charge in [0.05, 0.1) is 5.69 Å². The zero-order chi connectivity index (χ0) is 18.6. The van der Waals surface area contributed by atoms with Crippen LogP contribution in [0.5, 0.6) is 0 Å². The fraction of sp³-hybridized carbons (Fsp3) is 0.556. The summed E-state index contributed by atoms with van der Waals surface area (Å²) in [5, 5.41) is 4.59. The molecule has 0 unspecified atom stereocenters. The first-order chi connectivity index (χ1) is 11.8. The van der Waals surface area contributed by atoms with Crippen LogP contribution in [-0.2, 0) is 17.8 Å². The highest BCUT2D eigenvalue weighted by Gasteiger charge is 2.14. The van der Waals surface area contributed by atoms with E-state index in [1.54, 1.807) is 0 Å². The van der Waals surface area contributed by atoms with Gasteiger partial charge in [0.15, 0.2) is 0 Å². The SMILES string of the molecule is Cc1cc(C)nc(NNC(=O)CCc2c(C)nn(CC(C)C)c2C)n1. The topological polar surface area (TPSA) is 84.7 Å². The van der Waals surface area contributed by atoms with Crippen molar-refractivity contribution in [3.63, 3.8) is 0 Å². The van der Waals surface area contributed by atoms with Gasteiger partial charge in [-0.15, -0.1) is 0 Å². The molecule has 25 heavy (non-hydrogen) atoms. The van der Waals surface area contributed by atoms with Crippen LogP contribution in [0.2, 0.25) is 0 Å². The maximum absolute atomic E-state index is 12.1. The summed E-state index contributed by atoms with van der Waals surface area (Å²) < 4.78 is 2.04. The summed E-state index contributed by atoms with van der Waals surface area (Å²) in [4.78, 5) is 20.6. The lowest BCUT2D eigenvalue weighted by molar-refractivity contribution is -0.120. The summed E-state index contributed by atoms with van der Waals surface area (Å²) in [6.07, 6.45) is 1.05. The van der Waals surface area contributed by atoms with E-state index >= 15 is 0 Å². The molecule has 0 aliphatic carbocycles. The lowest BCUT2D eigenvalue weighted by Crippen LogP contribution is -2.30. The number of nitrogens with one attached hydrogen (secondary N) is 2. The van der Waals surface area contributed by atoms with Gasteiger partial charge in [-0.3, -0.25) is 20.3 Å². The van der Waals surface area contributed by atoms with Gasteiger partial charge in [0, 0.05) is 30.0 Å². The number of hydrogen-bond acceptors (Lipinski definition) is 5. The van der Waals surface area contributed by atoms with Crippen LogP contribution in [0.1, 0.15) is 48.6 Å². The van der Waals surface area contributed by atoms with Crippen molar-refractivity contribution < 1.29 is 4.79 Å². The Morgan fingerprint density at radius 3 is 2.40 bits per heavy atom. The molecule has 0 saturated heterocycles. The second kappa shape index (κ2) is 8.09. The Morgan fingerprint density at radius 1 is 1.16 bits per heavy atom. The fourth-order valence-electron chi connectivity index (χ4n) is 2.83. The smallest absolute Gasteiger partial charge is 0.242 e. The minimum Gasteiger partial charge on any atom is -0.273 e. The predicted octanol–water partition coefficient (Wildman–Crippen LogP) is 2.64. The van der Waals surface area contributed by atoms with E-state index in [2.05, 4.69) is 46.7 Å². The molecule has 2 aromatic heterocycles. The molecule has 0 spiro atoms. The van der Waals surface area contributed by atoms with Gasteiger partial charge in [-0.05, 0) is 51.7 Å². The summed E-state index contributed by atoms with van der Waals surface area (Å²) >= 11 is 0. The first-order valence-electron chi connectivity index (χ1n) is 8.66. The van der Waals surface area contributed by atoms with Crippen molar-refractivity contribution in [3.05, 3.63) is 34.4 Å². The van der Waals surface area contributed by atoms with Gasteiger partial charge in [-0.25, -0.2) is 9.97 Å². The summed E-state index contributed by atoms with van der Waals surface area (Å²) in [5.41, 5.74) is 10.4. The van der Waals surface area contributed by atoms with E-state index in [-0.39, 0.29) is 5.91 Å². The lowest BCUT2D eigenvalue weighted by atomic mass is 10.1. The zero-order valence-electron chi connectivity index (χ0n) is 16.0. The number of aromatic nitrogens is 4. The second-order valence-electron chi connectivity index (χ2n) is 6.87. The summed E-state index contributed by atoms with van der Waals surface area (Å²) in [5.74, 6) is 0.845. The van der Waals surface area contributed by atoms with Crippen LogP contribution < -0.4 is 10.9 Å². The highest BCUT2D eigenvalue weighted by Crippen LogP contribution is 2.16. The normalized spacial score (nSPS) is 11.0. The molecule has 7 nitrogen and oxygen atoms in total. The zero-order valence-corrected chi connectivity index (χ0v) is 16.0. The van der Waals surface area contributed by atoms with Crippen molar-refractivity contribution in [1.82, 2.24) is 25.2 Å². The van der Waals surface area contributed by atoms with E-state index in [0.29, 0.717) is 24.7 Å². The number of anilines is 1. The molecule has 1 amide bonds. The van der Waals surface area contributed by atoms with Crippen LogP contribution in [0.15, 0.2) is 6.07 Å². The van der Waals surface area contributed by atoms with Gasteiger partial charge in [-0.2, -0.15) is 5.10 Å². The minimum absolute atomic E-state index is 0.0989. The van der Waals surface area contributed by atoms with Crippen LogP contribution in [0.4, 0.5) is 5.95 Å². The Bertz CT molecular complexity index is 730. The highest BCUT2D eigenvalue weighted by atomic mass is 16.2. The Kier molecular flexibility index (Phi) is 6.12. The molecule has 2 N–H and O–H groups in total. The third-order valence-electron chi connectivity index (χ3n) is 3.97. The summed E-state index contributed by atoms with van der Waals surface area (Å²) in [7, 11) is 0. The molecule has 2 heterocycles. The summed E-state index contributed by atoms with van der Waals surface area (Å²) in [6, 6.07) is 1.88. The number of nitrogens with zero attached hydrogens (tertiary/aromatic N) is 4. The molecule has 0 saturated carbocycles. The van der Waals surface area contributed by atoms with Gasteiger partial charge in [0.25, 0.3) is 0 Å². The molecule has 0 aromatic carbocycles. The number of carbonyl (C=O) groups excluding carboxylic acids is 1. The van der Waals surface area contributed by atoms with Gasteiger partial charge in [0.1, 0.15) is 0 Å². The Hall–Kier alpha value is -2.44. The van der Waals surface area contributed by atoms with Crippen molar-refractivity contribution in [1.29, 1.82) is 0 Å². The molecule has 0 fully saturated rings. The first kappa shape index (κ1) is 18.9. The van der Waals surface area contributed by atoms with Crippen molar-refractivity contribution in [2.75, 3.05) is 5.43 Å².